The Balaban J connectivity index is 2.06. The summed E-state index contributed by atoms with van der Waals surface area (Å²) in [5, 5.41) is 0.533. The third-order valence-electron chi connectivity index (χ3n) is 4.20. The van der Waals surface area contributed by atoms with E-state index in [4.69, 9.17) is 17.3 Å². The van der Waals surface area contributed by atoms with Gasteiger partial charge in [0, 0.05) is 16.5 Å². The molecule has 2 N–H and O–H groups in total. The monoisotopic (exact) mass is 225 g/mol. The van der Waals surface area contributed by atoms with Crippen molar-refractivity contribution >= 4 is 11.6 Å². The van der Waals surface area contributed by atoms with Crippen molar-refractivity contribution in [1.82, 2.24) is 0 Å². The van der Waals surface area contributed by atoms with Gasteiger partial charge in [-0.25, -0.2) is 4.39 Å². The first-order valence-electron chi connectivity index (χ1n) is 5.34. The zero-order chi connectivity index (χ0) is 10.6. The first kappa shape index (κ1) is 9.61. The Kier molecular flexibility index (Phi) is 1.89. The van der Waals surface area contributed by atoms with Gasteiger partial charge in [-0.15, -0.1) is 0 Å². The third-order valence-corrected chi connectivity index (χ3v) is 4.51. The number of halogens is 2. The summed E-state index contributed by atoms with van der Waals surface area (Å²) in [5.74, 6) is 0.383. The average Bonchev–Trinajstić information content (AvgIpc) is 2.75. The smallest absolute Gasteiger partial charge is 0.124 e. The number of benzene rings is 1. The molecule has 1 nitrogen and oxygen atoms in total. The molecule has 3 aliphatic carbocycles. The molecule has 3 unspecified atom stereocenters. The number of nitrogens with two attached hydrogens (primary N) is 1. The molecule has 0 aromatic heterocycles. The minimum atomic E-state index is -0.275. The molecule has 0 spiro atoms. The van der Waals surface area contributed by atoms with E-state index in [0.717, 1.165) is 18.4 Å². The van der Waals surface area contributed by atoms with Crippen LogP contribution in [0.2, 0.25) is 5.02 Å². The SMILES string of the molecule is NC1C2CCC1(c1ccc(F)cc1Cl)C2. The largest absolute Gasteiger partial charge is 0.327 e. The molecule has 3 aliphatic rings. The lowest BCUT2D eigenvalue weighted by atomic mass is 9.61. The lowest BCUT2D eigenvalue weighted by Gasteiger charge is -2.46. The van der Waals surface area contributed by atoms with Crippen LogP contribution in [0.4, 0.5) is 4.39 Å². The number of hydrogen-bond donors (Lipinski definition) is 1. The lowest BCUT2D eigenvalue weighted by Crippen LogP contribution is -2.54. The standard InChI is InChI=1S/C12H13ClFN/c13-10-5-8(14)1-2-9(10)12-4-3-7(6-12)11(12)15/h1-2,5,7,11H,3-4,6,15H2. The molecule has 1 aromatic rings. The van der Waals surface area contributed by atoms with Crippen LogP contribution in [0.5, 0.6) is 0 Å². The van der Waals surface area contributed by atoms with Crippen LogP contribution in [0.15, 0.2) is 18.2 Å². The molecule has 0 saturated heterocycles. The quantitative estimate of drug-likeness (QED) is 0.782. The van der Waals surface area contributed by atoms with Crippen molar-refractivity contribution in [2.45, 2.75) is 30.7 Å². The van der Waals surface area contributed by atoms with E-state index in [1.165, 1.54) is 18.6 Å². The highest BCUT2D eigenvalue weighted by Crippen LogP contribution is 2.59. The van der Waals surface area contributed by atoms with Crippen molar-refractivity contribution < 1.29 is 4.39 Å². The van der Waals surface area contributed by atoms with Gasteiger partial charge < -0.3 is 5.73 Å². The summed E-state index contributed by atoms with van der Waals surface area (Å²) in [6, 6.07) is 4.90. The zero-order valence-electron chi connectivity index (χ0n) is 8.34. The van der Waals surface area contributed by atoms with Crippen LogP contribution in [0.25, 0.3) is 0 Å². The van der Waals surface area contributed by atoms with Gasteiger partial charge in [0.1, 0.15) is 5.82 Å². The second-order valence-electron chi connectivity index (χ2n) is 4.81. The van der Waals surface area contributed by atoms with Gasteiger partial charge >= 0.3 is 0 Å². The van der Waals surface area contributed by atoms with Gasteiger partial charge in [0.15, 0.2) is 0 Å². The maximum atomic E-state index is 13.0. The maximum absolute atomic E-state index is 13.0. The van der Waals surface area contributed by atoms with Crippen LogP contribution in [-0.4, -0.2) is 6.04 Å². The van der Waals surface area contributed by atoms with E-state index < -0.39 is 0 Å². The molecule has 80 valence electrons. The Morgan fingerprint density at radius 3 is 2.80 bits per heavy atom. The Bertz CT molecular complexity index is 416. The minimum Gasteiger partial charge on any atom is -0.327 e. The lowest BCUT2D eigenvalue weighted by molar-refractivity contribution is 0.189. The summed E-state index contributed by atoms with van der Waals surface area (Å²) >= 11 is 6.09. The van der Waals surface area contributed by atoms with E-state index in [9.17, 15) is 4.39 Å². The van der Waals surface area contributed by atoms with Crippen molar-refractivity contribution in [1.29, 1.82) is 0 Å². The molecular formula is C12H13ClFN. The molecule has 0 amide bonds. The Labute approximate surface area is 93.4 Å². The number of rotatable bonds is 1. The molecule has 4 rings (SSSR count). The van der Waals surface area contributed by atoms with Gasteiger partial charge in [-0.1, -0.05) is 17.7 Å². The van der Waals surface area contributed by atoms with Gasteiger partial charge in [0.05, 0.1) is 0 Å². The molecule has 2 bridgehead atoms. The molecule has 3 fully saturated rings. The fraction of sp³-hybridized carbons (Fsp3) is 0.500. The highest BCUT2D eigenvalue weighted by atomic mass is 35.5. The van der Waals surface area contributed by atoms with E-state index in [1.54, 1.807) is 6.07 Å². The van der Waals surface area contributed by atoms with E-state index in [0.29, 0.717) is 10.9 Å². The molecule has 3 atom stereocenters. The predicted octanol–water partition coefficient (Wildman–Crippen LogP) is 2.86. The third kappa shape index (κ3) is 1.12. The number of fused-ring (bicyclic) bond motifs is 1. The summed E-state index contributed by atoms with van der Waals surface area (Å²) in [7, 11) is 0. The minimum absolute atomic E-state index is 0.0510. The zero-order valence-corrected chi connectivity index (χ0v) is 9.10. The van der Waals surface area contributed by atoms with Crippen molar-refractivity contribution in [3.05, 3.63) is 34.6 Å². The number of hydrogen-bond acceptors (Lipinski definition) is 1. The second-order valence-corrected chi connectivity index (χ2v) is 5.22. The maximum Gasteiger partial charge on any atom is 0.124 e. The van der Waals surface area contributed by atoms with Gasteiger partial charge in [-0.2, -0.15) is 0 Å². The van der Waals surface area contributed by atoms with Crippen LogP contribution in [0.1, 0.15) is 24.8 Å². The fourth-order valence-corrected chi connectivity index (χ4v) is 3.69. The first-order valence-corrected chi connectivity index (χ1v) is 5.72. The van der Waals surface area contributed by atoms with E-state index in [1.807, 2.05) is 0 Å². The van der Waals surface area contributed by atoms with Gasteiger partial charge in [-0.05, 0) is 42.9 Å². The van der Waals surface area contributed by atoms with Crippen molar-refractivity contribution in [2.24, 2.45) is 11.7 Å². The summed E-state index contributed by atoms with van der Waals surface area (Å²) in [6.45, 7) is 0. The summed E-state index contributed by atoms with van der Waals surface area (Å²) in [5.41, 5.74) is 7.25. The normalized spacial score (nSPS) is 37.8. The molecule has 15 heavy (non-hydrogen) atoms. The van der Waals surface area contributed by atoms with Crippen molar-refractivity contribution in [3.8, 4) is 0 Å². The van der Waals surface area contributed by atoms with E-state index in [-0.39, 0.29) is 17.3 Å². The van der Waals surface area contributed by atoms with Gasteiger partial charge in [0.25, 0.3) is 0 Å². The fourth-order valence-electron chi connectivity index (χ4n) is 3.33. The Hall–Kier alpha value is -0.600. The predicted molar refractivity (Wildman–Crippen MR) is 58.4 cm³/mol. The molecule has 0 radical (unpaired) electrons. The molecule has 1 aromatic carbocycles. The summed E-state index contributed by atoms with van der Waals surface area (Å²) in [4.78, 5) is 0. The van der Waals surface area contributed by atoms with Crippen LogP contribution in [-0.2, 0) is 5.41 Å². The van der Waals surface area contributed by atoms with Gasteiger partial charge in [-0.3, -0.25) is 0 Å². The summed E-state index contributed by atoms with van der Waals surface area (Å²) < 4.78 is 13.0. The van der Waals surface area contributed by atoms with Gasteiger partial charge in [0.2, 0.25) is 0 Å². The second kappa shape index (κ2) is 2.96. The van der Waals surface area contributed by atoms with Crippen LogP contribution >= 0.6 is 11.6 Å². The average molecular weight is 226 g/mol. The molecule has 0 heterocycles. The van der Waals surface area contributed by atoms with E-state index in [2.05, 4.69) is 0 Å². The molecular weight excluding hydrogens is 213 g/mol. The molecule has 3 saturated carbocycles. The topological polar surface area (TPSA) is 26.0 Å². The Morgan fingerprint density at radius 2 is 2.27 bits per heavy atom. The molecule has 3 heteroatoms. The first-order chi connectivity index (χ1) is 7.13. The summed E-state index contributed by atoms with van der Waals surface area (Å²) in [6.07, 6.45) is 3.42. The van der Waals surface area contributed by atoms with Crippen LogP contribution in [0.3, 0.4) is 0 Å². The Morgan fingerprint density at radius 1 is 1.47 bits per heavy atom. The van der Waals surface area contributed by atoms with E-state index >= 15 is 0 Å². The highest BCUT2D eigenvalue weighted by molar-refractivity contribution is 6.31. The van der Waals surface area contributed by atoms with Crippen LogP contribution < -0.4 is 5.73 Å². The molecule has 0 aliphatic heterocycles. The van der Waals surface area contributed by atoms with Crippen molar-refractivity contribution in [2.75, 3.05) is 0 Å². The highest BCUT2D eigenvalue weighted by Gasteiger charge is 2.58. The van der Waals surface area contributed by atoms with Crippen molar-refractivity contribution in [3.63, 3.8) is 0 Å². The van der Waals surface area contributed by atoms with Crippen LogP contribution in [0, 0.1) is 11.7 Å².